The number of rotatable bonds is 5. The van der Waals surface area contributed by atoms with E-state index in [1.807, 2.05) is 41.5 Å². The quantitative estimate of drug-likeness (QED) is 0.641. The molecule has 0 saturated carbocycles. The molecule has 0 spiro atoms. The zero-order valence-electron chi connectivity index (χ0n) is 22.7. The first-order valence-electron chi connectivity index (χ1n) is 12.9. The summed E-state index contributed by atoms with van der Waals surface area (Å²) in [5.74, 6) is -0.249. The second-order valence-electron chi connectivity index (χ2n) is 11.2. The SMILES string of the molecule is CC(C)N1C[C@H](C)[C@@H](CN(C)C(=O)OC(C)(C)C)Oc2c(C(=O)NC3CCNCC3)cccc2C1=O. The minimum absolute atomic E-state index is 0.0395. The van der Waals surface area contributed by atoms with Crippen LogP contribution in [0.4, 0.5) is 4.79 Å². The molecule has 36 heavy (non-hydrogen) atoms. The van der Waals surface area contributed by atoms with Crippen LogP contribution in [0.2, 0.25) is 0 Å². The van der Waals surface area contributed by atoms with Crippen LogP contribution in [0.25, 0.3) is 0 Å². The molecule has 1 aromatic rings. The molecule has 3 rings (SSSR count). The summed E-state index contributed by atoms with van der Waals surface area (Å²) < 4.78 is 12.0. The van der Waals surface area contributed by atoms with Crippen LogP contribution in [0.5, 0.6) is 5.75 Å². The zero-order valence-corrected chi connectivity index (χ0v) is 22.7. The third-order valence-corrected chi connectivity index (χ3v) is 6.60. The first-order chi connectivity index (χ1) is 16.9. The average molecular weight is 503 g/mol. The third-order valence-electron chi connectivity index (χ3n) is 6.60. The Morgan fingerprint density at radius 2 is 1.92 bits per heavy atom. The lowest BCUT2D eigenvalue weighted by atomic mass is 9.98. The summed E-state index contributed by atoms with van der Waals surface area (Å²) in [5.41, 5.74) is 0.0761. The van der Waals surface area contributed by atoms with E-state index < -0.39 is 17.8 Å². The standard InChI is InChI=1S/C27H42N4O5/c1-17(2)31-15-18(3)22(16-30(7)26(34)36-27(4,5)6)35-23-20(9-8-10-21(23)25(31)33)24(32)29-19-11-13-28-14-12-19/h8-10,17-19,22,28H,11-16H2,1-7H3,(H,29,32)/t18-,22+/m0/s1. The van der Waals surface area contributed by atoms with Crippen molar-refractivity contribution in [2.75, 3.05) is 33.2 Å². The van der Waals surface area contributed by atoms with E-state index in [-0.39, 0.29) is 42.1 Å². The van der Waals surface area contributed by atoms with Crippen LogP contribution in [-0.4, -0.2) is 84.7 Å². The van der Waals surface area contributed by atoms with E-state index in [1.54, 1.807) is 30.1 Å². The number of likely N-dealkylation sites (N-methyl/N-ethyl adjacent to an activating group) is 1. The van der Waals surface area contributed by atoms with E-state index in [9.17, 15) is 14.4 Å². The molecule has 0 bridgehead atoms. The van der Waals surface area contributed by atoms with Crippen LogP contribution < -0.4 is 15.4 Å². The fraction of sp³-hybridized carbons (Fsp3) is 0.667. The van der Waals surface area contributed by atoms with E-state index in [1.165, 1.54) is 4.90 Å². The molecule has 0 unspecified atom stereocenters. The van der Waals surface area contributed by atoms with E-state index >= 15 is 0 Å². The molecule has 2 aliphatic heterocycles. The van der Waals surface area contributed by atoms with Crippen LogP contribution in [0.3, 0.4) is 0 Å². The molecule has 0 aromatic heterocycles. The van der Waals surface area contributed by atoms with Gasteiger partial charge in [-0.15, -0.1) is 0 Å². The number of amides is 3. The fourth-order valence-corrected chi connectivity index (χ4v) is 4.52. The van der Waals surface area contributed by atoms with Crippen LogP contribution in [-0.2, 0) is 4.74 Å². The van der Waals surface area contributed by atoms with Crippen LogP contribution >= 0.6 is 0 Å². The Labute approximate surface area is 214 Å². The first kappa shape index (κ1) is 27.8. The summed E-state index contributed by atoms with van der Waals surface area (Å²) in [5, 5.41) is 6.41. The number of nitrogens with one attached hydrogen (secondary N) is 2. The highest BCUT2D eigenvalue weighted by atomic mass is 16.6. The van der Waals surface area contributed by atoms with Crippen molar-refractivity contribution in [3.8, 4) is 5.75 Å². The first-order valence-corrected chi connectivity index (χ1v) is 12.9. The molecule has 0 radical (unpaired) electrons. The molecule has 1 saturated heterocycles. The topological polar surface area (TPSA) is 100 Å². The van der Waals surface area contributed by atoms with Crippen LogP contribution in [0.15, 0.2) is 18.2 Å². The number of hydrogen-bond donors (Lipinski definition) is 2. The lowest BCUT2D eigenvalue weighted by molar-refractivity contribution is 0.0128. The van der Waals surface area contributed by atoms with Gasteiger partial charge in [-0.05, 0) is 72.7 Å². The third kappa shape index (κ3) is 6.90. The van der Waals surface area contributed by atoms with Gasteiger partial charge in [-0.3, -0.25) is 9.59 Å². The molecule has 0 aliphatic carbocycles. The number of para-hydroxylation sites is 1. The van der Waals surface area contributed by atoms with Crippen LogP contribution in [0.1, 0.15) is 75.1 Å². The summed E-state index contributed by atoms with van der Waals surface area (Å²) >= 11 is 0. The Morgan fingerprint density at radius 1 is 1.25 bits per heavy atom. The second-order valence-corrected chi connectivity index (χ2v) is 11.2. The number of carbonyl (C=O) groups is 3. The van der Waals surface area contributed by atoms with Gasteiger partial charge in [0.2, 0.25) is 0 Å². The van der Waals surface area contributed by atoms with Crippen molar-refractivity contribution < 1.29 is 23.9 Å². The van der Waals surface area contributed by atoms with Gasteiger partial charge < -0.3 is 29.9 Å². The Balaban J connectivity index is 1.95. The Kier molecular flexibility index (Phi) is 8.87. The van der Waals surface area contributed by atoms with Crippen LogP contribution in [0, 0.1) is 5.92 Å². The molecule has 1 aromatic carbocycles. The van der Waals surface area contributed by atoms with Gasteiger partial charge in [-0.25, -0.2) is 4.79 Å². The second kappa shape index (κ2) is 11.5. The number of piperidine rings is 1. The van der Waals surface area contributed by atoms with Crippen molar-refractivity contribution in [3.63, 3.8) is 0 Å². The van der Waals surface area contributed by atoms with Crippen molar-refractivity contribution in [2.24, 2.45) is 5.92 Å². The molecule has 9 heteroatoms. The molecule has 2 N–H and O–H groups in total. The molecule has 200 valence electrons. The van der Waals surface area contributed by atoms with Crippen molar-refractivity contribution in [2.45, 2.75) is 78.2 Å². The number of ether oxygens (including phenoxy) is 2. The molecule has 9 nitrogen and oxygen atoms in total. The molecular weight excluding hydrogens is 460 g/mol. The van der Waals surface area contributed by atoms with Gasteiger partial charge in [0.1, 0.15) is 17.5 Å². The number of carbonyl (C=O) groups excluding carboxylic acids is 3. The van der Waals surface area contributed by atoms with E-state index in [2.05, 4.69) is 10.6 Å². The maximum absolute atomic E-state index is 13.6. The van der Waals surface area contributed by atoms with Crippen molar-refractivity contribution >= 4 is 17.9 Å². The Morgan fingerprint density at radius 3 is 2.53 bits per heavy atom. The van der Waals surface area contributed by atoms with Gasteiger partial charge in [0.15, 0.2) is 0 Å². The number of nitrogens with zero attached hydrogens (tertiary/aromatic N) is 2. The summed E-state index contributed by atoms with van der Waals surface area (Å²) in [4.78, 5) is 42.9. The molecule has 3 amide bonds. The molecule has 1 fully saturated rings. The van der Waals surface area contributed by atoms with E-state index in [0.29, 0.717) is 17.7 Å². The van der Waals surface area contributed by atoms with E-state index in [4.69, 9.17) is 9.47 Å². The minimum Gasteiger partial charge on any atom is -0.487 e. The summed E-state index contributed by atoms with van der Waals surface area (Å²) in [7, 11) is 1.67. The maximum atomic E-state index is 13.6. The normalized spacial score (nSPS) is 21.2. The molecule has 2 aliphatic rings. The van der Waals surface area contributed by atoms with Gasteiger partial charge in [0.05, 0.1) is 17.7 Å². The van der Waals surface area contributed by atoms with Gasteiger partial charge in [0, 0.05) is 31.6 Å². The van der Waals surface area contributed by atoms with Crippen molar-refractivity contribution in [1.82, 2.24) is 20.4 Å². The van der Waals surface area contributed by atoms with Gasteiger partial charge >= 0.3 is 6.09 Å². The van der Waals surface area contributed by atoms with E-state index in [0.717, 1.165) is 25.9 Å². The highest BCUT2D eigenvalue weighted by Crippen LogP contribution is 2.32. The molecular formula is C27H42N4O5. The number of fused-ring (bicyclic) bond motifs is 1. The van der Waals surface area contributed by atoms with Gasteiger partial charge in [-0.1, -0.05) is 13.0 Å². The van der Waals surface area contributed by atoms with Crippen molar-refractivity contribution in [1.29, 1.82) is 0 Å². The lowest BCUT2D eigenvalue weighted by Gasteiger charge is -2.38. The van der Waals surface area contributed by atoms with Crippen molar-refractivity contribution in [3.05, 3.63) is 29.3 Å². The minimum atomic E-state index is -0.619. The fourth-order valence-electron chi connectivity index (χ4n) is 4.52. The summed E-state index contributed by atoms with van der Waals surface area (Å²) in [6.07, 6.45) is 0.794. The Hall–Kier alpha value is -2.81. The highest BCUT2D eigenvalue weighted by Gasteiger charge is 2.35. The smallest absolute Gasteiger partial charge is 0.410 e. The average Bonchev–Trinajstić information content (AvgIpc) is 2.80. The largest absolute Gasteiger partial charge is 0.487 e. The van der Waals surface area contributed by atoms with Gasteiger partial charge in [-0.2, -0.15) is 0 Å². The predicted octanol–water partition coefficient (Wildman–Crippen LogP) is 3.28. The summed E-state index contributed by atoms with van der Waals surface area (Å²) in [6.45, 7) is 13.8. The highest BCUT2D eigenvalue weighted by molar-refractivity contribution is 6.04. The number of hydrogen-bond acceptors (Lipinski definition) is 6. The summed E-state index contributed by atoms with van der Waals surface area (Å²) in [6, 6.07) is 5.16. The zero-order chi connectivity index (χ0) is 26.6. The number of benzene rings is 1. The predicted molar refractivity (Wildman–Crippen MR) is 138 cm³/mol. The lowest BCUT2D eigenvalue weighted by Crippen LogP contribution is -2.50. The molecule has 2 atom stereocenters. The monoisotopic (exact) mass is 502 g/mol. The maximum Gasteiger partial charge on any atom is 0.410 e. The molecule has 2 heterocycles. The Bertz CT molecular complexity index is 952. The van der Waals surface area contributed by atoms with Gasteiger partial charge in [0.25, 0.3) is 11.8 Å².